The Morgan fingerprint density at radius 2 is 1.95 bits per heavy atom. The Balaban J connectivity index is 2.52. The van der Waals surface area contributed by atoms with Gasteiger partial charge in [0, 0.05) is 12.1 Å². The van der Waals surface area contributed by atoms with Crippen molar-refractivity contribution in [2.75, 3.05) is 5.75 Å². The van der Waals surface area contributed by atoms with Crippen LogP contribution in [0.2, 0.25) is 0 Å². The second kappa shape index (κ2) is 5.41. The van der Waals surface area contributed by atoms with Crippen molar-refractivity contribution < 1.29 is 23.1 Å². The summed E-state index contributed by atoms with van der Waals surface area (Å²) >= 11 is 0.628. The summed E-state index contributed by atoms with van der Waals surface area (Å²) in [5, 5.41) is 13.9. The van der Waals surface area contributed by atoms with E-state index in [-0.39, 0.29) is 11.2 Å². The van der Waals surface area contributed by atoms with E-state index in [0.717, 1.165) is 0 Å². The van der Waals surface area contributed by atoms with Gasteiger partial charge in [-0.25, -0.2) is 27.6 Å². The molecular formula is C10H6F3N3O3S. The van der Waals surface area contributed by atoms with Crippen molar-refractivity contribution in [3.05, 3.63) is 40.1 Å². The Morgan fingerprint density at radius 1 is 1.30 bits per heavy atom. The second-order valence-corrected chi connectivity index (χ2v) is 4.49. The summed E-state index contributed by atoms with van der Waals surface area (Å²) < 4.78 is 40.2. The molecule has 0 aliphatic heterocycles. The van der Waals surface area contributed by atoms with Gasteiger partial charge >= 0.3 is 11.7 Å². The number of nitrogens with zero attached hydrogens (tertiary/aromatic N) is 2. The number of nitrogens with one attached hydrogen (secondary N) is 1. The molecular weight excluding hydrogens is 299 g/mol. The van der Waals surface area contributed by atoms with Gasteiger partial charge in [0.05, 0.1) is 11.4 Å². The van der Waals surface area contributed by atoms with Crippen molar-refractivity contribution in [1.29, 1.82) is 0 Å². The number of carboxylic acid groups (broad SMARTS) is 1. The predicted molar refractivity (Wildman–Crippen MR) is 62.4 cm³/mol. The van der Waals surface area contributed by atoms with Crippen molar-refractivity contribution in [2.45, 2.75) is 5.16 Å². The van der Waals surface area contributed by atoms with E-state index in [2.05, 4.69) is 5.10 Å². The average Bonchev–Trinajstić information content (AvgIpc) is 2.73. The van der Waals surface area contributed by atoms with Crippen LogP contribution in [0.3, 0.4) is 0 Å². The molecule has 0 aliphatic carbocycles. The van der Waals surface area contributed by atoms with Gasteiger partial charge in [0.15, 0.2) is 22.6 Å². The predicted octanol–water partition coefficient (Wildman–Crippen LogP) is 1.15. The van der Waals surface area contributed by atoms with Crippen LogP contribution in [0.25, 0.3) is 5.69 Å². The third-order valence-corrected chi connectivity index (χ3v) is 3.12. The van der Waals surface area contributed by atoms with E-state index >= 15 is 0 Å². The minimum atomic E-state index is -1.40. The zero-order valence-electron chi connectivity index (χ0n) is 9.56. The minimum Gasteiger partial charge on any atom is -0.481 e. The lowest BCUT2D eigenvalue weighted by Crippen LogP contribution is -2.17. The zero-order chi connectivity index (χ0) is 14.9. The number of carbonyl (C=O) groups is 1. The van der Waals surface area contributed by atoms with Crippen LogP contribution in [0, 0.1) is 17.5 Å². The molecule has 1 aromatic carbocycles. The van der Waals surface area contributed by atoms with Gasteiger partial charge in [-0.15, -0.1) is 5.10 Å². The van der Waals surface area contributed by atoms with Crippen molar-refractivity contribution in [1.82, 2.24) is 14.8 Å². The molecule has 0 fully saturated rings. The highest BCUT2D eigenvalue weighted by molar-refractivity contribution is 7.99. The first kappa shape index (κ1) is 14.2. The highest BCUT2D eigenvalue weighted by atomic mass is 32.2. The third kappa shape index (κ3) is 2.69. The van der Waals surface area contributed by atoms with E-state index in [1.165, 1.54) is 0 Å². The number of aliphatic carboxylic acids is 1. The van der Waals surface area contributed by atoms with Gasteiger partial charge < -0.3 is 5.11 Å². The van der Waals surface area contributed by atoms with Crippen LogP contribution in [0.15, 0.2) is 22.1 Å². The third-order valence-electron chi connectivity index (χ3n) is 2.20. The molecule has 0 bridgehead atoms. The zero-order valence-corrected chi connectivity index (χ0v) is 10.4. The van der Waals surface area contributed by atoms with Crippen molar-refractivity contribution in [3.8, 4) is 5.69 Å². The van der Waals surface area contributed by atoms with E-state index in [1.54, 1.807) is 0 Å². The van der Waals surface area contributed by atoms with Crippen LogP contribution in [-0.2, 0) is 4.79 Å². The number of hydrogen-bond acceptors (Lipinski definition) is 4. The Labute approximate surface area is 113 Å². The van der Waals surface area contributed by atoms with Crippen molar-refractivity contribution in [2.24, 2.45) is 0 Å². The number of halogens is 3. The Morgan fingerprint density at radius 3 is 2.60 bits per heavy atom. The molecule has 0 unspecified atom stereocenters. The molecule has 1 heterocycles. The molecule has 0 atom stereocenters. The standard InChI is InChI=1S/C10H6F3N3O3S/c11-4-1-6(13)7(2-5(4)12)16-9(19)14-15-10(16)20-3-8(17)18/h1-2H,3H2,(H,14,19)(H,17,18). The molecule has 1 aromatic heterocycles. The van der Waals surface area contributed by atoms with E-state index in [4.69, 9.17) is 5.11 Å². The van der Waals surface area contributed by atoms with Crippen LogP contribution in [0.5, 0.6) is 0 Å². The van der Waals surface area contributed by atoms with E-state index in [0.29, 0.717) is 22.4 Å². The second-order valence-electron chi connectivity index (χ2n) is 3.55. The van der Waals surface area contributed by atoms with Gasteiger partial charge in [0.25, 0.3) is 0 Å². The van der Waals surface area contributed by atoms with Gasteiger partial charge in [-0.3, -0.25) is 4.79 Å². The molecule has 2 rings (SSSR count). The summed E-state index contributed by atoms with van der Waals surface area (Å²) in [6.07, 6.45) is 0. The van der Waals surface area contributed by atoms with Gasteiger partial charge in [-0.1, -0.05) is 11.8 Å². The number of rotatable bonds is 4. The maximum atomic E-state index is 13.6. The molecule has 0 radical (unpaired) electrons. The molecule has 0 saturated carbocycles. The quantitative estimate of drug-likeness (QED) is 0.653. The molecule has 0 spiro atoms. The molecule has 20 heavy (non-hydrogen) atoms. The molecule has 2 N–H and O–H groups in total. The fourth-order valence-corrected chi connectivity index (χ4v) is 2.07. The molecule has 0 aliphatic rings. The Bertz CT molecular complexity index is 728. The molecule has 2 aromatic rings. The lowest BCUT2D eigenvalue weighted by Gasteiger charge is -2.06. The van der Waals surface area contributed by atoms with Crippen LogP contribution in [0.1, 0.15) is 0 Å². The fourth-order valence-electron chi connectivity index (χ4n) is 1.40. The Kier molecular flexibility index (Phi) is 3.84. The van der Waals surface area contributed by atoms with Gasteiger partial charge in [-0.05, 0) is 0 Å². The number of aromatic nitrogens is 3. The van der Waals surface area contributed by atoms with Gasteiger partial charge in [0.2, 0.25) is 0 Å². The van der Waals surface area contributed by atoms with Crippen LogP contribution < -0.4 is 5.69 Å². The summed E-state index contributed by atoms with van der Waals surface area (Å²) in [4.78, 5) is 22.0. The molecule has 6 nitrogen and oxygen atoms in total. The molecule has 0 amide bonds. The normalized spacial score (nSPS) is 10.8. The van der Waals surface area contributed by atoms with Crippen LogP contribution in [0.4, 0.5) is 13.2 Å². The number of aromatic amines is 1. The maximum absolute atomic E-state index is 13.6. The summed E-state index contributed by atoms with van der Waals surface area (Å²) in [7, 11) is 0. The number of thioether (sulfide) groups is 1. The number of hydrogen-bond donors (Lipinski definition) is 2. The van der Waals surface area contributed by atoms with E-state index in [1.807, 2.05) is 5.10 Å². The topological polar surface area (TPSA) is 88.0 Å². The summed E-state index contributed by atoms with van der Waals surface area (Å²) in [5.74, 6) is -5.53. The SMILES string of the molecule is O=C(O)CSc1n[nH]c(=O)n1-c1cc(F)c(F)cc1F. The monoisotopic (exact) mass is 305 g/mol. The maximum Gasteiger partial charge on any atom is 0.348 e. The largest absolute Gasteiger partial charge is 0.481 e. The summed E-state index contributed by atoms with van der Waals surface area (Å²) in [5.41, 5.74) is -1.46. The number of benzene rings is 1. The first-order chi connectivity index (χ1) is 9.40. The van der Waals surface area contributed by atoms with Crippen LogP contribution in [-0.4, -0.2) is 31.6 Å². The van der Waals surface area contributed by atoms with E-state index in [9.17, 15) is 22.8 Å². The highest BCUT2D eigenvalue weighted by Crippen LogP contribution is 2.21. The van der Waals surface area contributed by atoms with Crippen molar-refractivity contribution in [3.63, 3.8) is 0 Å². The molecule has 0 saturated heterocycles. The van der Waals surface area contributed by atoms with E-state index < -0.39 is 40.6 Å². The fraction of sp³-hybridized carbons (Fsp3) is 0.100. The first-order valence-electron chi connectivity index (χ1n) is 5.07. The number of H-pyrrole nitrogens is 1. The number of carboxylic acids is 1. The Hall–Kier alpha value is -2.23. The van der Waals surface area contributed by atoms with Gasteiger partial charge in [0.1, 0.15) is 0 Å². The lowest BCUT2D eigenvalue weighted by atomic mass is 10.3. The summed E-state index contributed by atoms with van der Waals surface area (Å²) in [6, 6.07) is 0.780. The first-order valence-corrected chi connectivity index (χ1v) is 6.05. The lowest BCUT2D eigenvalue weighted by molar-refractivity contribution is -0.133. The smallest absolute Gasteiger partial charge is 0.348 e. The molecule has 106 valence electrons. The summed E-state index contributed by atoms with van der Waals surface area (Å²) in [6.45, 7) is 0. The van der Waals surface area contributed by atoms with Gasteiger partial charge in [-0.2, -0.15) is 0 Å². The van der Waals surface area contributed by atoms with Crippen LogP contribution >= 0.6 is 11.8 Å². The minimum absolute atomic E-state index is 0.178. The molecule has 10 heteroatoms. The average molecular weight is 305 g/mol. The highest BCUT2D eigenvalue weighted by Gasteiger charge is 2.18. The van der Waals surface area contributed by atoms with Crippen molar-refractivity contribution >= 4 is 17.7 Å².